The van der Waals surface area contributed by atoms with Crippen molar-refractivity contribution in [3.8, 4) is 0 Å². The Kier molecular flexibility index (Phi) is 6.39. The molecule has 0 amide bonds. The van der Waals surface area contributed by atoms with Crippen molar-refractivity contribution in [2.45, 2.75) is 57.9 Å². The van der Waals surface area contributed by atoms with Gasteiger partial charge in [-0.2, -0.15) is 0 Å². The van der Waals surface area contributed by atoms with Gasteiger partial charge < -0.3 is 19.9 Å². The number of rotatable bonds is 5. The minimum Gasteiger partial charge on any atom is -0.381 e. The lowest BCUT2D eigenvalue weighted by Crippen LogP contribution is -2.42. The Morgan fingerprint density at radius 1 is 1.25 bits per heavy atom. The summed E-state index contributed by atoms with van der Waals surface area (Å²) in [6.45, 7) is 10.1. The first-order valence-corrected chi connectivity index (χ1v) is 10.00. The molecule has 5 heteroatoms. The SMILES string of the molecule is CN=C(NCCCCN1CCCCC1C)N1CCC2(CCOC2)C1. The normalized spacial score (nSPS) is 32.0. The zero-order valence-corrected chi connectivity index (χ0v) is 15.7. The van der Waals surface area contributed by atoms with Crippen LogP contribution in [0.5, 0.6) is 0 Å². The van der Waals surface area contributed by atoms with Crippen LogP contribution in [-0.2, 0) is 4.74 Å². The van der Waals surface area contributed by atoms with E-state index in [1.54, 1.807) is 0 Å². The zero-order chi connectivity index (χ0) is 16.8. The summed E-state index contributed by atoms with van der Waals surface area (Å²) in [6.07, 6.45) is 9.16. The standard InChI is InChI=1S/C19H36N4O/c1-17-7-3-5-11-22(17)12-6-4-10-21-18(20-2)23-13-8-19(15-23)9-14-24-16-19/h17H,3-16H2,1-2H3,(H,20,21). The Balaban J connectivity index is 1.33. The van der Waals surface area contributed by atoms with Gasteiger partial charge in [-0.1, -0.05) is 6.42 Å². The van der Waals surface area contributed by atoms with Crippen LogP contribution in [0.3, 0.4) is 0 Å². The summed E-state index contributed by atoms with van der Waals surface area (Å²) in [5.41, 5.74) is 0.405. The molecule has 5 nitrogen and oxygen atoms in total. The molecule has 1 N–H and O–H groups in total. The van der Waals surface area contributed by atoms with E-state index in [1.807, 2.05) is 7.05 Å². The molecule has 3 fully saturated rings. The van der Waals surface area contributed by atoms with Crippen molar-refractivity contribution in [1.29, 1.82) is 0 Å². The molecule has 0 saturated carbocycles. The van der Waals surface area contributed by atoms with E-state index in [9.17, 15) is 0 Å². The number of likely N-dealkylation sites (tertiary alicyclic amines) is 2. The summed E-state index contributed by atoms with van der Waals surface area (Å²) in [6, 6.07) is 0.786. The molecule has 3 saturated heterocycles. The van der Waals surface area contributed by atoms with Crippen LogP contribution in [0.1, 0.15) is 51.9 Å². The van der Waals surface area contributed by atoms with E-state index in [-0.39, 0.29) is 0 Å². The molecule has 0 aromatic carbocycles. The van der Waals surface area contributed by atoms with E-state index in [4.69, 9.17) is 4.74 Å². The number of hydrogen-bond donors (Lipinski definition) is 1. The summed E-state index contributed by atoms with van der Waals surface area (Å²) in [5, 5.41) is 3.58. The van der Waals surface area contributed by atoms with E-state index in [0.717, 1.165) is 44.8 Å². The van der Waals surface area contributed by atoms with E-state index < -0.39 is 0 Å². The third kappa shape index (κ3) is 4.42. The number of piperidine rings is 1. The number of aliphatic imine (C=N–C) groups is 1. The Labute approximate surface area is 147 Å². The Morgan fingerprint density at radius 2 is 2.17 bits per heavy atom. The molecule has 0 radical (unpaired) electrons. The topological polar surface area (TPSA) is 40.1 Å². The third-order valence-electron chi connectivity index (χ3n) is 6.23. The number of guanidine groups is 1. The second-order valence-electron chi connectivity index (χ2n) is 8.04. The highest BCUT2D eigenvalue weighted by atomic mass is 16.5. The maximum Gasteiger partial charge on any atom is 0.193 e. The molecule has 3 aliphatic heterocycles. The molecule has 24 heavy (non-hydrogen) atoms. The van der Waals surface area contributed by atoms with E-state index in [1.165, 1.54) is 58.0 Å². The van der Waals surface area contributed by atoms with Gasteiger partial charge in [0, 0.05) is 44.7 Å². The van der Waals surface area contributed by atoms with Gasteiger partial charge in [0.15, 0.2) is 5.96 Å². The van der Waals surface area contributed by atoms with Crippen molar-refractivity contribution < 1.29 is 4.74 Å². The first-order valence-electron chi connectivity index (χ1n) is 10.00. The van der Waals surface area contributed by atoms with E-state index in [2.05, 4.69) is 27.0 Å². The van der Waals surface area contributed by atoms with Gasteiger partial charge in [-0.05, 0) is 58.5 Å². The molecule has 3 aliphatic rings. The lowest BCUT2D eigenvalue weighted by Gasteiger charge is -2.33. The fourth-order valence-corrected chi connectivity index (χ4v) is 4.55. The van der Waals surface area contributed by atoms with Crippen molar-refractivity contribution in [3.05, 3.63) is 0 Å². The lowest BCUT2D eigenvalue weighted by atomic mass is 9.87. The van der Waals surface area contributed by atoms with Gasteiger partial charge in [0.1, 0.15) is 0 Å². The van der Waals surface area contributed by atoms with Gasteiger partial charge in [0.25, 0.3) is 0 Å². The van der Waals surface area contributed by atoms with E-state index >= 15 is 0 Å². The van der Waals surface area contributed by atoms with Crippen LogP contribution >= 0.6 is 0 Å². The van der Waals surface area contributed by atoms with Crippen LogP contribution in [0.25, 0.3) is 0 Å². The molecule has 0 bridgehead atoms. The minimum atomic E-state index is 0.405. The van der Waals surface area contributed by atoms with Crippen molar-refractivity contribution in [3.63, 3.8) is 0 Å². The summed E-state index contributed by atoms with van der Waals surface area (Å²) >= 11 is 0. The quantitative estimate of drug-likeness (QED) is 0.475. The smallest absolute Gasteiger partial charge is 0.193 e. The predicted molar refractivity (Wildman–Crippen MR) is 99.5 cm³/mol. The maximum atomic E-state index is 5.63. The van der Waals surface area contributed by atoms with Gasteiger partial charge >= 0.3 is 0 Å². The molecular formula is C19H36N4O. The van der Waals surface area contributed by atoms with Crippen LogP contribution in [-0.4, -0.2) is 74.8 Å². The summed E-state index contributed by atoms with van der Waals surface area (Å²) in [5.74, 6) is 1.09. The number of nitrogens with zero attached hydrogens (tertiary/aromatic N) is 3. The third-order valence-corrected chi connectivity index (χ3v) is 6.23. The van der Waals surface area contributed by atoms with Crippen molar-refractivity contribution >= 4 is 5.96 Å². The fraction of sp³-hybridized carbons (Fsp3) is 0.947. The molecule has 2 atom stereocenters. The molecular weight excluding hydrogens is 300 g/mol. The molecule has 1 spiro atoms. The first kappa shape index (κ1) is 18.0. The highest BCUT2D eigenvalue weighted by molar-refractivity contribution is 5.80. The number of nitrogens with one attached hydrogen (secondary N) is 1. The highest BCUT2D eigenvalue weighted by Gasteiger charge is 2.42. The summed E-state index contributed by atoms with van der Waals surface area (Å²) in [7, 11) is 1.91. The second-order valence-corrected chi connectivity index (χ2v) is 8.04. The average Bonchev–Trinajstić information content (AvgIpc) is 3.23. The Morgan fingerprint density at radius 3 is 2.92 bits per heavy atom. The average molecular weight is 337 g/mol. The van der Waals surface area contributed by atoms with Gasteiger partial charge in [0.2, 0.25) is 0 Å². The monoisotopic (exact) mass is 336 g/mol. The largest absolute Gasteiger partial charge is 0.381 e. The molecule has 3 heterocycles. The predicted octanol–water partition coefficient (Wildman–Crippen LogP) is 2.33. The fourth-order valence-electron chi connectivity index (χ4n) is 4.55. The van der Waals surface area contributed by atoms with E-state index in [0.29, 0.717) is 5.41 Å². The van der Waals surface area contributed by atoms with Crippen LogP contribution in [0.2, 0.25) is 0 Å². The van der Waals surface area contributed by atoms with Crippen molar-refractivity contribution in [2.75, 3.05) is 53.0 Å². The maximum absolute atomic E-state index is 5.63. The Bertz CT molecular complexity index is 420. The molecule has 3 rings (SSSR count). The van der Waals surface area contributed by atoms with Crippen LogP contribution in [0, 0.1) is 5.41 Å². The van der Waals surface area contributed by atoms with Crippen LogP contribution in [0.15, 0.2) is 4.99 Å². The number of ether oxygens (including phenoxy) is 1. The van der Waals surface area contributed by atoms with Crippen molar-refractivity contribution in [1.82, 2.24) is 15.1 Å². The molecule has 2 unspecified atom stereocenters. The number of unbranched alkanes of at least 4 members (excludes halogenated alkanes) is 1. The highest BCUT2D eigenvalue weighted by Crippen LogP contribution is 2.38. The first-order chi connectivity index (χ1) is 11.7. The zero-order valence-electron chi connectivity index (χ0n) is 15.7. The van der Waals surface area contributed by atoms with Crippen molar-refractivity contribution in [2.24, 2.45) is 10.4 Å². The minimum absolute atomic E-state index is 0.405. The van der Waals surface area contributed by atoms with Crippen LogP contribution in [0.4, 0.5) is 0 Å². The summed E-state index contributed by atoms with van der Waals surface area (Å²) < 4.78 is 5.63. The number of hydrogen-bond acceptors (Lipinski definition) is 3. The lowest BCUT2D eigenvalue weighted by molar-refractivity contribution is 0.156. The second kappa shape index (κ2) is 8.52. The molecule has 0 aromatic heterocycles. The molecule has 0 aliphatic carbocycles. The Hall–Kier alpha value is -0.810. The molecule has 138 valence electrons. The van der Waals surface area contributed by atoms with Crippen LogP contribution < -0.4 is 5.32 Å². The van der Waals surface area contributed by atoms with Gasteiger partial charge in [0.05, 0.1) is 6.61 Å². The summed E-state index contributed by atoms with van der Waals surface area (Å²) in [4.78, 5) is 9.61. The molecule has 0 aromatic rings. The van der Waals surface area contributed by atoms with Gasteiger partial charge in [-0.3, -0.25) is 4.99 Å². The van der Waals surface area contributed by atoms with Gasteiger partial charge in [-0.25, -0.2) is 0 Å². The van der Waals surface area contributed by atoms with Gasteiger partial charge in [-0.15, -0.1) is 0 Å².